The van der Waals surface area contributed by atoms with E-state index < -0.39 is 24.6 Å². The number of anilines is 1. The quantitative estimate of drug-likeness (QED) is 0.679. The second-order valence-electron chi connectivity index (χ2n) is 5.74. The highest BCUT2D eigenvalue weighted by Crippen LogP contribution is 2.31. The summed E-state index contributed by atoms with van der Waals surface area (Å²) in [6, 6.07) is 8.27. The number of esters is 1. The average molecular weight is 414 g/mol. The average Bonchev–Trinajstić information content (AvgIpc) is 2.64. The molecule has 0 aliphatic rings. The summed E-state index contributed by atoms with van der Waals surface area (Å²) in [6.45, 7) is 0.117. The number of amides is 1. The Hall–Kier alpha value is -2.87. The van der Waals surface area contributed by atoms with Crippen molar-refractivity contribution in [1.29, 1.82) is 0 Å². The van der Waals surface area contributed by atoms with Crippen LogP contribution < -0.4 is 14.8 Å². The number of alkyl halides is 2. The Morgan fingerprint density at radius 2 is 1.89 bits per heavy atom. The van der Waals surface area contributed by atoms with Crippen LogP contribution in [0.5, 0.6) is 11.5 Å². The third kappa shape index (κ3) is 5.56. The molecule has 9 heteroatoms. The van der Waals surface area contributed by atoms with Crippen LogP contribution in [0.1, 0.15) is 22.8 Å². The smallest absolute Gasteiger partial charge is 0.387 e. The molecule has 2 aromatic rings. The first kappa shape index (κ1) is 21.4. The number of benzene rings is 2. The molecule has 0 bridgehead atoms. The monoisotopic (exact) mass is 413 g/mol. The standard InChI is InChI=1S/C19H18ClF2NO5/c1-10-7-15(16(26-3)9-14(10)20)23-17(24)11(2)27-18(25)12-5-4-6-13(8-12)28-19(21)22/h4-9,11,19H,1-3H3,(H,23,24). The van der Waals surface area contributed by atoms with Gasteiger partial charge in [0.1, 0.15) is 11.5 Å². The molecule has 150 valence electrons. The van der Waals surface area contributed by atoms with Gasteiger partial charge in [0.25, 0.3) is 5.91 Å². The lowest BCUT2D eigenvalue weighted by Gasteiger charge is -2.16. The number of carbonyl (C=O) groups is 2. The molecule has 0 aliphatic carbocycles. The van der Waals surface area contributed by atoms with Crippen LogP contribution in [0.3, 0.4) is 0 Å². The van der Waals surface area contributed by atoms with Gasteiger partial charge in [-0.2, -0.15) is 8.78 Å². The van der Waals surface area contributed by atoms with Gasteiger partial charge in [0, 0.05) is 11.1 Å². The predicted molar refractivity (Wildman–Crippen MR) is 99.3 cm³/mol. The minimum absolute atomic E-state index is 0.0299. The van der Waals surface area contributed by atoms with Gasteiger partial charge in [-0.1, -0.05) is 17.7 Å². The lowest BCUT2D eigenvalue weighted by molar-refractivity contribution is -0.123. The number of carbonyl (C=O) groups excluding carboxylic acids is 2. The first-order chi connectivity index (χ1) is 13.2. The molecule has 0 radical (unpaired) electrons. The molecule has 0 saturated carbocycles. The van der Waals surface area contributed by atoms with Crippen molar-refractivity contribution in [1.82, 2.24) is 0 Å². The van der Waals surface area contributed by atoms with Crippen LogP contribution in [0.2, 0.25) is 5.02 Å². The van der Waals surface area contributed by atoms with Gasteiger partial charge in [-0.05, 0) is 43.7 Å². The molecule has 2 rings (SSSR count). The van der Waals surface area contributed by atoms with Crippen LogP contribution in [0.4, 0.5) is 14.5 Å². The normalized spacial score (nSPS) is 11.7. The van der Waals surface area contributed by atoms with E-state index in [-0.39, 0.29) is 11.3 Å². The summed E-state index contributed by atoms with van der Waals surface area (Å²) in [5.41, 5.74) is 1.06. The summed E-state index contributed by atoms with van der Waals surface area (Å²) in [5.74, 6) is -1.31. The van der Waals surface area contributed by atoms with Gasteiger partial charge >= 0.3 is 12.6 Å². The number of nitrogens with one attached hydrogen (secondary N) is 1. The Labute approximate surface area is 165 Å². The van der Waals surface area contributed by atoms with E-state index in [0.717, 1.165) is 11.6 Å². The summed E-state index contributed by atoms with van der Waals surface area (Å²) in [7, 11) is 1.43. The van der Waals surface area contributed by atoms with Gasteiger partial charge in [0.15, 0.2) is 6.10 Å². The molecule has 6 nitrogen and oxygen atoms in total. The topological polar surface area (TPSA) is 73.9 Å². The summed E-state index contributed by atoms with van der Waals surface area (Å²) in [4.78, 5) is 24.5. The second-order valence-corrected chi connectivity index (χ2v) is 6.15. The number of aryl methyl sites for hydroxylation is 1. The van der Waals surface area contributed by atoms with E-state index >= 15 is 0 Å². The molecule has 28 heavy (non-hydrogen) atoms. The van der Waals surface area contributed by atoms with Gasteiger partial charge in [-0.3, -0.25) is 4.79 Å². The maximum Gasteiger partial charge on any atom is 0.387 e. The molecule has 0 aliphatic heterocycles. The Morgan fingerprint density at radius 1 is 1.18 bits per heavy atom. The fourth-order valence-electron chi connectivity index (χ4n) is 2.25. The molecule has 1 N–H and O–H groups in total. The molecule has 0 spiro atoms. The Kier molecular flexibility index (Phi) is 7.17. The van der Waals surface area contributed by atoms with Crippen molar-refractivity contribution >= 4 is 29.2 Å². The minimum atomic E-state index is -3.02. The van der Waals surface area contributed by atoms with Gasteiger partial charge in [-0.25, -0.2) is 4.79 Å². The lowest BCUT2D eigenvalue weighted by atomic mass is 10.2. The second kappa shape index (κ2) is 9.36. The van der Waals surface area contributed by atoms with E-state index in [4.69, 9.17) is 21.1 Å². The van der Waals surface area contributed by atoms with E-state index in [0.29, 0.717) is 16.5 Å². The van der Waals surface area contributed by atoms with Crippen molar-refractivity contribution in [2.45, 2.75) is 26.6 Å². The molecule has 1 amide bonds. The van der Waals surface area contributed by atoms with Crippen molar-refractivity contribution in [3.8, 4) is 11.5 Å². The lowest BCUT2D eigenvalue weighted by Crippen LogP contribution is -2.30. The maximum atomic E-state index is 12.4. The minimum Gasteiger partial charge on any atom is -0.495 e. The Morgan fingerprint density at radius 3 is 2.54 bits per heavy atom. The zero-order valence-corrected chi connectivity index (χ0v) is 16.0. The van der Waals surface area contributed by atoms with Crippen LogP contribution in [0.15, 0.2) is 36.4 Å². The molecule has 1 unspecified atom stereocenters. The Balaban J connectivity index is 2.06. The number of methoxy groups -OCH3 is 1. The maximum absolute atomic E-state index is 12.4. The first-order valence-electron chi connectivity index (χ1n) is 8.12. The predicted octanol–water partition coefficient (Wildman–Crippen LogP) is 4.44. The van der Waals surface area contributed by atoms with Crippen LogP contribution in [0, 0.1) is 6.92 Å². The van der Waals surface area contributed by atoms with E-state index in [2.05, 4.69) is 10.1 Å². The fraction of sp³-hybridized carbons (Fsp3) is 0.263. The summed E-state index contributed by atoms with van der Waals surface area (Å²) < 4.78 is 39.1. The van der Waals surface area contributed by atoms with Crippen molar-refractivity contribution < 1.29 is 32.6 Å². The Bertz CT molecular complexity index is 875. The molecule has 2 aromatic carbocycles. The van der Waals surface area contributed by atoms with E-state index in [9.17, 15) is 18.4 Å². The van der Waals surface area contributed by atoms with E-state index in [1.165, 1.54) is 32.2 Å². The van der Waals surface area contributed by atoms with Crippen LogP contribution in [-0.2, 0) is 9.53 Å². The zero-order chi connectivity index (χ0) is 20.8. The molecular formula is C19H18ClF2NO5. The third-order valence-corrected chi connectivity index (χ3v) is 4.09. The van der Waals surface area contributed by atoms with Crippen molar-refractivity contribution in [2.24, 2.45) is 0 Å². The van der Waals surface area contributed by atoms with Gasteiger partial charge in [0.2, 0.25) is 0 Å². The van der Waals surface area contributed by atoms with E-state index in [1.807, 2.05) is 0 Å². The fourth-order valence-corrected chi connectivity index (χ4v) is 2.40. The molecule has 0 aromatic heterocycles. The third-order valence-electron chi connectivity index (χ3n) is 3.69. The number of halogens is 3. The molecule has 0 saturated heterocycles. The molecule has 0 fully saturated rings. The highest BCUT2D eigenvalue weighted by Gasteiger charge is 2.21. The van der Waals surface area contributed by atoms with Crippen molar-refractivity contribution in [3.63, 3.8) is 0 Å². The summed E-state index contributed by atoms with van der Waals surface area (Å²) in [6.07, 6.45) is -1.16. The highest BCUT2D eigenvalue weighted by atomic mass is 35.5. The number of hydrogen-bond acceptors (Lipinski definition) is 5. The number of rotatable bonds is 7. The van der Waals surface area contributed by atoms with E-state index in [1.54, 1.807) is 19.1 Å². The molecule has 1 atom stereocenters. The van der Waals surface area contributed by atoms with Crippen LogP contribution in [-0.4, -0.2) is 31.7 Å². The number of ether oxygens (including phenoxy) is 3. The van der Waals surface area contributed by atoms with Crippen LogP contribution in [0.25, 0.3) is 0 Å². The summed E-state index contributed by atoms with van der Waals surface area (Å²) in [5, 5.41) is 3.07. The van der Waals surface area contributed by atoms with Gasteiger partial charge in [-0.15, -0.1) is 0 Å². The van der Waals surface area contributed by atoms with Gasteiger partial charge in [0.05, 0.1) is 18.4 Å². The summed E-state index contributed by atoms with van der Waals surface area (Å²) >= 11 is 6.03. The number of hydrogen-bond donors (Lipinski definition) is 1. The highest BCUT2D eigenvalue weighted by molar-refractivity contribution is 6.31. The largest absolute Gasteiger partial charge is 0.495 e. The van der Waals surface area contributed by atoms with Crippen LogP contribution >= 0.6 is 11.6 Å². The SMILES string of the molecule is COc1cc(Cl)c(C)cc1NC(=O)C(C)OC(=O)c1cccc(OC(F)F)c1. The first-order valence-corrected chi connectivity index (χ1v) is 8.50. The zero-order valence-electron chi connectivity index (χ0n) is 15.3. The van der Waals surface area contributed by atoms with Crippen molar-refractivity contribution in [2.75, 3.05) is 12.4 Å². The van der Waals surface area contributed by atoms with Crippen molar-refractivity contribution in [3.05, 3.63) is 52.5 Å². The molecular weight excluding hydrogens is 396 g/mol. The van der Waals surface area contributed by atoms with Gasteiger partial charge < -0.3 is 19.5 Å². The molecule has 0 heterocycles.